The van der Waals surface area contributed by atoms with Crippen LogP contribution in [0.5, 0.6) is 0 Å². The molecule has 4 amide bonds. The molecular formula is C26H26ClN3O4. The Morgan fingerprint density at radius 3 is 2.38 bits per heavy atom. The van der Waals surface area contributed by atoms with Crippen LogP contribution >= 0.6 is 11.6 Å². The van der Waals surface area contributed by atoms with Crippen LogP contribution in [0, 0.1) is 0 Å². The maximum absolute atomic E-state index is 13.1. The fourth-order valence-corrected chi connectivity index (χ4v) is 3.99. The number of halogens is 1. The van der Waals surface area contributed by atoms with Crippen LogP contribution in [-0.4, -0.2) is 29.3 Å². The van der Waals surface area contributed by atoms with Gasteiger partial charge in [-0.2, -0.15) is 0 Å². The molecule has 8 heteroatoms. The monoisotopic (exact) mass is 479 g/mol. The van der Waals surface area contributed by atoms with Gasteiger partial charge in [0.1, 0.15) is 23.6 Å². The molecule has 0 bridgehead atoms. The standard InChI is InChI=1S/C26H26ClN3O4/c1-16(2)17-4-8-19(9-5-17)26(3)24(32)30(25(33)29-26)15-23(31)28-14-21-12-13-22(34-21)18-6-10-20(27)11-7-18/h4-13,16H,14-15H2,1-3H3,(H,28,31)(H,29,33). The van der Waals surface area contributed by atoms with Gasteiger partial charge in [-0.05, 0) is 60.4 Å². The third-order valence-corrected chi connectivity index (χ3v) is 6.23. The predicted molar refractivity (Wildman–Crippen MR) is 129 cm³/mol. The van der Waals surface area contributed by atoms with E-state index in [0.29, 0.717) is 28.0 Å². The van der Waals surface area contributed by atoms with E-state index in [9.17, 15) is 14.4 Å². The molecule has 0 aliphatic carbocycles. The maximum atomic E-state index is 13.1. The van der Waals surface area contributed by atoms with E-state index in [0.717, 1.165) is 16.0 Å². The molecule has 176 valence electrons. The molecule has 0 saturated carbocycles. The summed E-state index contributed by atoms with van der Waals surface area (Å²) in [5.74, 6) is 0.618. The number of nitrogens with one attached hydrogen (secondary N) is 2. The maximum Gasteiger partial charge on any atom is 0.325 e. The minimum atomic E-state index is -1.22. The lowest BCUT2D eigenvalue weighted by Crippen LogP contribution is -2.43. The molecule has 1 unspecified atom stereocenters. The minimum Gasteiger partial charge on any atom is -0.459 e. The molecule has 1 aliphatic rings. The summed E-state index contributed by atoms with van der Waals surface area (Å²) in [4.78, 5) is 39.1. The molecule has 2 N–H and O–H groups in total. The Morgan fingerprint density at radius 1 is 1.06 bits per heavy atom. The smallest absolute Gasteiger partial charge is 0.325 e. The number of urea groups is 1. The van der Waals surface area contributed by atoms with Crippen molar-refractivity contribution in [2.24, 2.45) is 0 Å². The van der Waals surface area contributed by atoms with Crippen molar-refractivity contribution >= 4 is 29.4 Å². The average molecular weight is 480 g/mol. The molecule has 0 spiro atoms. The fourth-order valence-electron chi connectivity index (χ4n) is 3.86. The van der Waals surface area contributed by atoms with Crippen molar-refractivity contribution in [1.82, 2.24) is 15.5 Å². The van der Waals surface area contributed by atoms with Gasteiger partial charge in [-0.25, -0.2) is 4.79 Å². The Bertz CT molecular complexity index is 1220. The number of rotatable bonds is 7. The Balaban J connectivity index is 1.37. The largest absolute Gasteiger partial charge is 0.459 e. The van der Waals surface area contributed by atoms with Crippen LogP contribution in [0.1, 0.15) is 43.6 Å². The lowest BCUT2D eigenvalue weighted by molar-refractivity contribution is -0.134. The zero-order chi connectivity index (χ0) is 24.5. The van der Waals surface area contributed by atoms with Crippen molar-refractivity contribution in [2.45, 2.75) is 38.8 Å². The van der Waals surface area contributed by atoms with Crippen LogP contribution < -0.4 is 10.6 Å². The molecule has 3 aromatic rings. The molecular weight excluding hydrogens is 454 g/mol. The van der Waals surface area contributed by atoms with Gasteiger partial charge >= 0.3 is 6.03 Å². The Morgan fingerprint density at radius 2 is 1.74 bits per heavy atom. The molecule has 34 heavy (non-hydrogen) atoms. The van der Waals surface area contributed by atoms with E-state index < -0.39 is 23.4 Å². The van der Waals surface area contributed by atoms with Gasteiger partial charge in [0.15, 0.2) is 0 Å². The highest BCUT2D eigenvalue weighted by atomic mass is 35.5. The average Bonchev–Trinajstić information content (AvgIpc) is 3.37. The Hall–Kier alpha value is -3.58. The number of carbonyl (C=O) groups is 3. The van der Waals surface area contributed by atoms with E-state index in [2.05, 4.69) is 24.5 Å². The molecule has 1 fully saturated rings. The second-order valence-corrected chi connectivity index (χ2v) is 9.21. The normalized spacial score (nSPS) is 17.9. The molecule has 1 saturated heterocycles. The van der Waals surface area contributed by atoms with E-state index in [1.807, 2.05) is 36.4 Å². The quantitative estimate of drug-likeness (QED) is 0.476. The lowest BCUT2D eigenvalue weighted by Gasteiger charge is -2.22. The second-order valence-electron chi connectivity index (χ2n) is 8.77. The fraction of sp³-hybridized carbons (Fsp3) is 0.269. The first kappa shape index (κ1) is 23.6. The highest BCUT2D eigenvalue weighted by Gasteiger charge is 2.49. The summed E-state index contributed by atoms with van der Waals surface area (Å²) in [5, 5.41) is 6.06. The predicted octanol–water partition coefficient (Wildman–Crippen LogP) is 4.81. The number of carbonyl (C=O) groups excluding carboxylic acids is 3. The summed E-state index contributed by atoms with van der Waals surface area (Å²) in [6.45, 7) is 5.57. The van der Waals surface area contributed by atoms with Crippen molar-refractivity contribution in [1.29, 1.82) is 0 Å². The zero-order valence-electron chi connectivity index (χ0n) is 19.2. The number of furan rings is 1. The van der Waals surface area contributed by atoms with Crippen LogP contribution in [-0.2, 0) is 21.7 Å². The molecule has 0 radical (unpaired) electrons. The minimum absolute atomic E-state index is 0.129. The summed E-state index contributed by atoms with van der Waals surface area (Å²) >= 11 is 5.91. The number of amides is 4. The van der Waals surface area contributed by atoms with Gasteiger partial charge in [-0.3, -0.25) is 14.5 Å². The van der Waals surface area contributed by atoms with Gasteiger partial charge in [0, 0.05) is 10.6 Å². The van der Waals surface area contributed by atoms with Gasteiger partial charge in [-0.15, -0.1) is 0 Å². The van der Waals surface area contributed by atoms with Crippen LogP contribution in [0.3, 0.4) is 0 Å². The first-order chi connectivity index (χ1) is 16.2. The third-order valence-electron chi connectivity index (χ3n) is 5.98. The van der Waals surface area contributed by atoms with Gasteiger partial charge in [-0.1, -0.05) is 49.7 Å². The number of imide groups is 1. The first-order valence-electron chi connectivity index (χ1n) is 11.0. The van der Waals surface area contributed by atoms with Crippen molar-refractivity contribution in [3.63, 3.8) is 0 Å². The highest BCUT2D eigenvalue weighted by molar-refractivity contribution is 6.30. The zero-order valence-corrected chi connectivity index (χ0v) is 20.0. The van der Waals surface area contributed by atoms with E-state index in [1.165, 1.54) is 0 Å². The van der Waals surface area contributed by atoms with E-state index in [-0.39, 0.29) is 13.1 Å². The van der Waals surface area contributed by atoms with E-state index >= 15 is 0 Å². The van der Waals surface area contributed by atoms with Crippen molar-refractivity contribution < 1.29 is 18.8 Å². The number of benzene rings is 2. The molecule has 1 aliphatic heterocycles. The van der Waals surface area contributed by atoms with E-state index in [1.54, 1.807) is 31.2 Å². The molecule has 7 nitrogen and oxygen atoms in total. The van der Waals surface area contributed by atoms with E-state index in [4.69, 9.17) is 16.0 Å². The number of hydrogen-bond donors (Lipinski definition) is 2. The van der Waals surface area contributed by atoms with Crippen molar-refractivity contribution in [3.8, 4) is 11.3 Å². The Labute approximate surface area is 203 Å². The summed E-state index contributed by atoms with van der Waals surface area (Å²) in [5.41, 5.74) is 1.45. The molecule has 1 aromatic heterocycles. The van der Waals surface area contributed by atoms with Crippen LogP contribution in [0.2, 0.25) is 5.02 Å². The number of hydrogen-bond acceptors (Lipinski definition) is 4. The van der Waals surface area contributed by atoms with Crippen molar-refractivity contribution in [3.05, 3.63) is 82.6 Å². The summed E-state index contributed by atoms with van der Waals surface area (Å²) in [6.07, 6.45) is 0. The third kappa shape index (κ3) is 4.70. The molecule has 2 heterocycles. The summed E-state index contributed by atoms with van der Waals surface area (Å²) in [7, 11) is 0. The molecule has 2 aromatic carbocycles. The molecule has 1 atom stereocenters. The van der Waals surface area contributed by atoms with Crippen LogP contribution in [0.4, 0.5) is 4.79 Å². The topological polar surface area (TPSA) is 91.7 Å². The Kier molecular flexibility index (Phi) is 6.48. The highest BCUT2D eigenvalue weighted by Crippen LogP contribution is 2.30. The van der Waals surface area contributed by atoms with Crippen LogP contribution in [0.15, 0.2) is 65.1 Å². The first-order valence-corrected chi connectivity index (χ1v) is 11.4. The van der Waals surface area contributed by atoms with Crippen LogP contribution in [0.25, 0.3) is 11.3 Å². The lowest BCUT2D eigenvalue weighted by atomic mass is 9.90. The SMILES string of the molecule is CC(C)c1ccc(C2(C)NC(=O)N(CC(=O)NCc3ccc(-c4ccc(Cl)cc4)o3)C2=O)cc1. The summed E-state index contributed by atoms with van der Waals surface area (Å²) in [6, 6.07) is 17.8. The van der Waals surface area contributed by atoms with Gasteiger partial charge in [0.2, 0.25) is 5.91 Å². The summed E-state index contributed by atoms with van der Waals surface area (Å²) < 4.78 is 5.77. The van der Waals surface area contributed by atoms with Gasteiger partial charge in [0.25, 0.3) is 5.91 Å². The molecule has 4 rings (SSSR count). The van der Waals surface area contributed by atoms with Gasteiger partial charge < -0.3 is 15.1 Å². The van der Waals surface area contributed by atoms with Gasteiger partial charge in [0.05, 0.1) is 6.54 Å². The van der Waals surface area contributed by atoms with Crippen molar-refractivity contribution in [2.75, 3.05) is 6.54 Å². The second kappa shape index (κ2) is 9.35. The number of nitrogens with zero attached hydrogens (tertiary/aromatic N) is 1.